The van der Waals surface area contributed by atoms with Crippen LogP contribution in [-0.2, 0) is 4.79 Å². The molecule has 0 fully saturated rings. The van der Waals surface area contributed by atoms with Crippen molar-refractivity contribution in [3.63, 3.8) is 0 Å². The van der Waals surface area contributed by atoms with E-state index in [-0.39, 0.29) is 12.5 Å². The number of hydrogen-bond acceptors (Lipinski definition) is 3. The first-order valence-electron chi connectivity index (χ1n) is 29.4. The van der Waals surface area contributed by atoms with Crippen LogP contribution in [0.1, 0.15) is 316 Å². The van der Waals surface area contributed by atoms with Crippen LogP contribution in [0.25, 0.3) is 0 Å². The highest BCUT2D eigenvalue weighted by atomic mass is 16.3. The second-order valence-electron chi connectivity index (χ2n) is 20.0. The van der Waals surface area contributed by atoms with Crippen molar-refractivity contribution in [2.45, 2.75) is 328 Å². The molecule has 0 bridgehead atoms. The molecule has 4 nitrogen and oxygen atoms in total. The van der Waals surface area contributed by atoms with Gasteiger partial charge in [0, 0.05) is 6.42 Å². The molecule has 0 saturated heterocycles. The van der Waals surface area contributed by atoms with Crippen molar-refractivity contribution in [3.05, 3.63) is 48.6 Å². The normalized spacial score (nSPS) is 13.1. The number of amides is 1. The van der Waals surface area contributed by atoms with Crippen molar-refractivity contribution >= 4 is 5.91 Å². The van der Waals surface area contributed by atoms with Gasteiger partial charge in [0.2, 0.25) is 5.91 Å². The molecule has 382 valence electrons. The Bertz CT molecular complexity index is 1030. The van der Waals surface area contributed by atoms with Crippen molar-refractivity contribution in [2.75, 3.05) is 6.61 Å². The summed E-state index contributed by atoms with van der Waals surface area (Å²) >= 11 is 0. The second kappa shape index (κ2) is 56.7. The number of unbranched alkanes of at least 4 members (excludes halogenated alkanes) is 41. The molecule has 4 heteroatoms. The Morgan fingerprint density at radius 1 is 0.354 bits per heavy atom. The van der Waals surface area contributed by atoms with Crippen LogP contribution in [0.3, 0.4) is 0 Å². The quantitative estimate of drug-likeness (QED) is 0.0421. The summed E-state index contributed by atoms with van der Waals surface area (Å²) in [4.78, 5) is 12.5. The summed E-state index contributed by atoms with van der Waals surface area (Å²) in [7, 11) is 0. The van der Waals surface area contributed by atoms with E-state index in [4.69, 9.17) is 0 Å². The smallest absolute Gasteiger partial charge is 0.220 e. The van der Waals surface area contributed by atoms with Gasteiger partial charge in [-0.2, -0.15) is 0 Å². The number of carbonyl (C=O) groups excluding carboxylic acids is 1. The predicted octanol–water partition coefficient (Wildman–Crippen LogP) is 19.4. The van der Waals surface area contributed by atoms with E-state index >= 15 is 0 Å². The van der Waals surface area contributed by atoms with Gasteiger partial charge < -0.3 is 15.5 Å². The lowest BCUT2D eigenvalue weighted by Crippen LogP contribution is -2.45. The molecule has 0 heterocycles. The number of aliphatic hydroxyl groups excluding tert-OH is 2. The third-order valence-electron chi connectivity index (χ3n) is 13.5. The minimum absolute atomic E-state index is 0.0736. The molecule has 0 aromatic rings. The summed E-state index contributed by atoms with van der Waals surface area (Å²) < 4.78 is 0. The lowest BCUT2D eigenvalue weighted by Gasteiger charge is -2.19. The molecule has 2 atom stereocenters. The Morgan fingerprint density at radius 2 is 0.600 bits per heavy atom. The standard InChI is InChI=1S/C61H115NO3/c1-3-5-7-9-11-13-15-17-19-21-22-23-24-25-26-27-28-29-30-31-32-33-34-35-36-37-38-39-40-41-43-45-47-49-51-53-55-57-61(65)62-59(58-63)60(64)56-54-52-50-48-46-44-42-20-18-16-14-12-10-8-6-4-2/h18,20-22,46,48,54,56,59-60,63-64H,3-17,19,23-45,47,49-53,55,57-58H2,1-2H3,(H,62,65)/b20-18+,22-21-,48-46+,56-54+. The fraction of sp³-hybridized carbons (Fsp3) is 0.852. The highest BCUT2D eigenvalue weighted by molar-refractivity contribution is 5.76. The first-order chi connectivity index (χ1) is 32.2. The zero-order chi connectivity index (χ0) is 47.0. The van der Waals surface area contributed by atoms with Crippen LogP contribution in [0, 0.1) is 0 Å². The average molecular weight is 911 g/mol. The van der Waals surface area contributed by atoms with E-state index < -0.39 is 12.1 Å². The van der Waals surface area contributed by atoms with Gasteiger partial charge in [-0.05, 0) is 70.6 Å². The van der Waals surface area contributed by atoms with Crippen molar-refractivity contribution in [1.29, 1.82) is 0 Å². The first-order valence-corrected chi connectivity index (χ1v) is 29.4. The highest BCUT2D eigenvalue weighted by Gasteiger charge is 2.18. The molecule has 0 saturated carbocycles. The van der Waals surface area contributed by atoms with Crippen molar-refractivity contribution < 1.29 is 15.0 Å². The molecule has 0 aromatic heterocycles. The van der Waals surface area contributed by atoms with Crippen LogP contribution >= 0.6 is 0 Å². The third-order valence-corrected chi connectivity index (χ3v) is 13.5. The van der Waals surface area contributed by atoms with E-state index in [0.717, 1.165) is 38.5 Å². The van der Waals surface area contributed by atoms with Crippen LogP contribution in [-0.4, -0.2) is 34.9 Å². The minimum atomic E-state index is -0.869. The maximum atomic E-state index is 12.5. The number of rotatable bonds is 54. The average Bonchev–Trinajstić information content (AvgIpc) is 3.31. The van der Waals surface area contributed by atoms with Crippen LogP contribution in [0.4, 0.5) is 0 Å². The van der Waals surface area contributed by atoms with Gasteiger partial charge in [0.05, 0.1) is 18.8 Å². The Hall–Kier alpha value is -1.65. The SMILES string of the molecule is CCCCCCCC/C=C/CC/C=C/CC/C=C/C(O)C(CO)NC(=O)CCCCCCCCCCCCCCCCCCCCCCCCCCC/C=C\CCCCCCCCCC. The number of carbonyl (C=O) groups is 1. The lowest BCUT2D eigenvalue weighted by atomic mass is 10.0. The van der Waals surface area contributed by atoms with E-state index in [1.165, 1.54) is 257 Å². The van der Waals surface area contributed by atoms with Gasteiger partial charge in [0.1, 0.15) is 0 Å². The van der Waals surface area contributed by atoms with E-state index in [2.05, 4.69) is 55.6 Å². The second-order valence-corrected chi connectivity index (χ2v) is 20.0. The molecule has 0 aliphatic rings. The fourth-order valence-corrected chi connectivity index (χ4v) is 9.03. The van der Waals surface area contributed by atoms with E-state index in [9.17, 15) is 15.0 Å². The number of nitrogens with one attached hydrogen (secondary N) is 1. The molecule has 0 aliphatic carbocycles. The fourth-order valence-electron chi connectivity index (χ4n) is 9.03. The van der Waals surface area contributed by atoms with Gasteiger partial charge in [-0.25, -0.2) is 0 Å². The maximum absolute atomic E-state index is 12.5. The lowest BCUT2D eigenvalue weighted by molar-refractivity contribution is -0.123. The minimum Gasteiger partial charge on any atom is -0.394 e. The largest absolute Gasteiger partial charge is 0.394 e. The molecule has 0 aromatic carbocycles. The van der Waals surface area contributed by atoms with Crippen LogP contribution in [0.5, 0.6) is 0 Å². The van der Waals surface area contributed by atoms with Gasteiger partial charge in [0.25, 0.3) is 0 Å². The number of aliphatic hydroxyl groups is 2. The van der Waals surface area contributed by atoms with Gasteiger partial charge in [0.15, 0.2) is 0 Å². The van der Waals surface area contributed by atoms with Gasteiger partial charge in [-0.1, -0.05) is 287 Å². The monoisotopic (exact) mass is 910 g/mol. The van der Waals surface area contributed by atoms with Crippen molar-refractivity contribution in [2.24, 2.45) is 0 Å². The zero-order valence-corrected chi connectivity index (χ0v) is 44.0. The third kappa shape index (κ3) is 53.2. The number of hydrogen-bond donors (Lipinski definition) is 3. The zero-order valence-electron chi connectivity index (χ0n) is 44.0. The molecular weight excluding hydrogens is 795 g/mol. The molecule has 65 heavy (non-hydrogen) atoms. The summed E-state index contributed by atoms with van der Waals surface area (Å²) in [5, 5.41) is 23.1. The van der Waals surface area contributed by atoms with Crippen LogP contribution in [0.2, 0.25) is 0 Å². The highest BCUT2D eigenvalue weighted by Crippen LogP contribution is 2.17. The molecule has 0 aliphatic heterocycles. The van der Waals surface area contributed by atoms with Crippen LogP contribution in [0.15, 0.2) is 48.6 Å². The van der Waals surface area contributed by atoms with Gasteiger partial charge >= 0.3 is 0 Å². The van der Waals surface area contributed by atoms with E-state index in [1.807, 2.05) is 6.08 Å². The topological polar surface area (TPSA) is 69.6 Å². The molecule has 1 amide bonds. The Kier molecular flexibility index (Phi) is 55.2. The van der Waals surface area contributed by atoms with Gasteiger partial charge in [-0.3, -0.25) is 4.79 Å². The van der Waals surface area contributed by atoms with Crippen LogP contribution < -0.4 is 5.32 Å². The summed E-state index contributed by atoms with van der Waals surface area (Å²) in [6, 6.07) is -0.644. The van der Waals surface area contributed by atoms with Crippen molar-refractivity contribution in [3.8, 4) is 0 Å². The number of allylic oxidation sites excluding steroid dienone is 7. The molecule has 2 unspecified atom stereocenters. The van der Waals surface area contributed by atoms with Gasteiger partial charge in [-0.15, -0.1) is 0 Å². The summed E-state index contributed by atoms with van der Waals surface area (Å²) in [6.45, 7) is 4.30. The molecule has 0 radical (unpaired) electrons. The summed E-state index contributed by atoms with van der Waals surface area (Å²) in [6.07, 6.45) is 78.7. The molecule has 0 rings (SSSR count). The first kappa shape index (κ1) is 63.4. The summed E-state index contributed by atoms with van der Waals surface area (Å²) in [5.41, 5.74) is 0. The Labute approximate surface area is 407 Å². The Morgan fingerprint density at radius 3 is 0.892 bits per heavy atom. The molecule has 3 N–H and O–H groups in total. The Balaban J connectivity index is 3.42. The molecular formula is C61H115NO3. The maximum Gasteiger partial charge on any atom is 0.220 e. The van der Waals surface area contributed by atoms with E-state index in [0.29, 0.717) is 6.42 Å². The molecule has 0 spiro atoms. The predicted molar refractivity (Wildman–Crippen MR) is 290 cm³/mol. The van der Waals surface area contributed by atoms with Crippen molar-refractivity contribution in [1.82, 2.24) is 5.32 Å². The van der Waals surface area contributed by atoms with E-state index in [1.54, 1.807) is 6.08 Å². The summed E-state index contributed by atoms with van der Waals surface area (Å²) in [5.74, 6) is -0.0736.